The third kappa shape index (κ3) is 3.41. The first kappa shape index (κ1) is 14.6. The number of nitrogens with zero attached hydrogens (tertiary/aromatic N) is 3. The molecule has 0 saturated heterocycles. The summed E-state index contributed by atoms with van der Waals surface area (Å²) in [7, 11) is 0. The molecule has 0 aromatic carbocycles. The number of aromatic nitrogens is 4. The van der Waals surface area contributed by atoms with Gasteiger partial charge < -0.3 is 10.4 Å². The van der Waals surface area contributed by atoms with Crippen molar-refractivity contribution in [1.82, 2.24) is 20.2 Å². The van der Waals surface area contributed by atoms with Crippen LogP contribution >= 0.6 is 0 Å². The summed E-state index contributed by atoms with van der Waals surface area (Å²) in [5.41, 5.74) is -0.411. The number of aromatic amines is 1. The van der Waals surface area contributed by atoms with E-state index in [2.05, 4.69) is 25.5 Å². The minimum Gasteiger partial charge on any atom is -0.477 e. The fourth-order valence-electron chi connectivity index (χ4n) is 1.49. The number of hydrogen-bond acceptors (Lipinski definition) is 5. The van der Waals surface area contributed by atoms with Crippen molar-refractivity contribution in [3.63, 3.8) is 0 Å². The molecule has 8 heteroatoms. The van der Waals surface area contributed by atoms with Crippen LogP contribution in [0.4, 0.5) is 5.82 Å². The van der Waals surface area contributed by atoms with Gasteiger partial charge in [0.05, 0.1) is 0 Å². The van der Waals surface area contributed by atoms with E-state index in [9.17, 15) is 9.59 Å². The standard InChI is InChI=1S/C13H15N5O3/c1-13(2,3)12-16-9(17-18-12)10(19)15-8-6-4-5-7(14-8)11(20)21/h4-6H,1-3H3,(H,20,21)(H,14,15,19)(H,16,17,18). The van der Waals surface area contributed by atoms with Crippen LogP contribution in [0.15, 0.2) is 18.2 Å². The highest BCUT2D eigenvalue weighted by molar-refractivity contribution is 6.01. The fraction of sp³-hybridized carbons (Fsp3) is 0.308. The number of H-pyrrole nitrogens is 1. The monoisotopic (exact) mass is 289 g/mol. The Balaban J connectivity index is 2.16. The van der Waals surface area contributed by atoms with Gasteiger partial charge in [0.2, 0.25) is 5.82 Å². The van der Waals surface area contributed by atoms with Gasteiger partial charge in [-0.25, -0.2) is 14.8 Å². The van der Waals surface area contributed by atoms with E-state index in [1.54, 1.807) is 0 Å². The van der Waals surface area contributed by atoms with E-state index in [0.29, 0.717) is 5.82 Å². The van der Waals surface area contributed by atoms with E-state index in [1.807, 2.05) is 20.8 Å². The van der Waals surface area contributed by atoms with Crippen LogP contribution in [0.5, 0.6) is 0 Å². The molecule has 0 unspecified atom stereocenters. The zero-order valence-electron chi connectivity index (χ0n) is 11.8. The topological polar surface area (TPSA) is 121 Å². The number of carboxylic acids is 1. The molecular formula is C13H15N5O3. The molecule has 2 rings (SSSR count). The Bertz CT molecular complexity index is 687. The van der Waals surface area contributed by atoms with E-state index in [4.69, 9.17) is 5.11 Å². The average molecular weight is 289 g/mol. The normalized spacial score (nSPS) is 11.2. The molecule has 2 aromatic rings. The van der Waals surface area contributed by atoms with Crippen LogP contribution in [-0.4, -0.2) is 37.1 Å². The third-order valence-electron chi connectivity index (χ3n) is 2.61. The van der Waals surface area contributed by atoms with Gasteiger partial charge in [0.25, 0.3) is 5.91 Å². The molecule has 3 N–H and O–H groups in total. The number of anilines is 1. The SMILES string of the molecule is CC(C)(C)c1nc(C(=O)Nc2cccc(C(=O)O)n2)n[nH]1. The smallest absolute Gasteiger partial charge is 0.354 e. The Hall–Kier alpha value is -2.77. The molecular weight excluding hydrogens is 274 g/mol. The molecule has 0 aliphatic heterocycles. The van der Waals surface area contributed by atoms with Gasteiger partial charge in [-0.15, -0.1) is 5.10 Å². The van der Waals surface area contributed by atoms with Crippen LogP contribution in [0.25, 0.3) is 0 Å². The van der Waals surface area contributed by atoms with Crippen LogP contribution in [0.2, 0.25) is 0 Å². The Labute approximate surface area is 120 Å². The van der Waals surface area contributed by atoms with Crippen LogP contribution in [0.3, 0.4) is 0 Å². The summed E-state index contributed by atoms with van der Waals surface area (Å²) in [5.74, 6) is -1.04. The Morgan fingerprint density at radius 1 is 1.24 bits per heavy atom. The highest BCUT2D eigenvalue weighted by Gasteiger charge is 2.21. The zero-order chi connectivity index (χ0) is 15.6. The molecule has 0 fully saturated rings. The van der Waals surface area contributed by atoms with Gasteiger partial charge in [-0.3, -0.25) is 9.89 Å². The van der Waals surface area contributed by atoms with Crippen molar-refractivity contribution in [2.75, 3.05) is 5.32 Å². The van der Waals surface area contributed by atoms with Crippen molar-refractivity contribution in [3.05, 3.63) is 35.5 Å². The largest absolute Gasteiger partial charge is 0.477 e. The predicted molar refractivity (Wildman–Crippen MR) is 74.2 cm³/mol. The number of nitrogens with one attached hydrogen (secondary N) is 2. The number of pyridine rings is 1. The van der Waals surface area contributed by atoms with Crippen LogP contribution in [0.1, 0.15) is 47.7 Å². The molecule has 0 radical (unpaired) electrons. The number of carbonyl (C=O) groups is 2. The maximum Gasteiger partial charge on any atom is 0.354 e. The molecule has 2 heterocycles. The minimum atomic E-state index is -1.17. The molecule has 21 heavy (non-hydrogen) atoms. The molecule has 2 aromatic heterocycles. The Kier molecular flexibility index (Phi) is 3.70. The van der Waals surface area contributed by atoms with E-state index in [0.717, 1.165) is 0 Å². The zero-order valence-corrected chi connectivity index (χ0v) is 11.8. The molecule has 0 bridgehead atoms. The number of hydrogen-bond donors (Lipinski definition) is 3. The Morgan fingerprint density at radius 3 is 2.52 bits per heavy atom. The first-order valence-electron chi connectivity index (χ1n) is 6.22. The lowest BCUT2D eigenvalue weighted by atomic mass is 9.96. The van der Waals surface area contributed by atoms with Crippen molar-refractivity contribution in [2.45, 2.75) is 26.2 Å². The minimum absolute atomic E-state index is 0.0255. The highest BCUT2D eigenvalue weighted by Crippen LogP contribution is 2.17. The van der Waals surface area contributed by atoms with Gasteiger partial charge in [-0.1, -0.05) is 26.8 Å². The van der Waals surface area contributed by atoms with Crippen molar-refractivity contribution in [3.8, 4) is 0 Å². The molecule has 0 aliphatic carbocycles. The highest BCUT2D eigenvalue weighted by atomic mass is 16.4. The maximum absolute atomic E-state index is 12.0. The molecule has 8 nitrogen and oxygen atoms in total. The van der Waals surface area contributed by atoms with Gasteiger partial charge in [-0.2, -0.15) is 0 Å². The summed E-state index contributed by atoms with van der Waals surface area (Å²) in [6.45, 7) is 5.81. The summed E-state index contributed by atoms with van der Waals surface area (Å²) in [4.78, 5) is 30.7. The fourth-order valence-corrected chi connectivity index (χ4v) is 1.49. The van der Waals surface area contributed by atoms with Crippen molar-refractivity contribution in [1.29, 1.82) is 0 Å². The van der Waals surface area contributed by atoms with Gasteiger partial charge in [0.15, 0.2) is 5.69 Å². The second-order valence-corrected chi connectivity index (χ2v) is 5.42. The first-order valence-corrected chi connectivity index (χ1v) is 6.22. The lowest BCUT2D eigenvalue weighted by Crippen LogP contribution is -2.17. The van der Waals surface area contributed by atoms with Gasteiger partial charge in [0, 0.05) is 5.41 Å². The van der Waals surface area contributed by atoms with Gasteiger partial charge >= 0.3 is 5.97 Å². The van der Waals surface area contributed by atoms with E-state index in [1.165, 1.54) is 18.2 Å². The summed E-state index contributed by atoms with van der Waals surface area (Å²) in [5, 5.41) is 17.9. The van der Waals surface area contributed by atoms with E-state index < -0.39 is 11.9 Å². The first-order chi connectivity index (χ1) is 9.77. The van der Waals surface area contributed by atoms with Crippen LogP contribution < -0.4 is 5.32 Å². The van der Waals surface area contributed by atoms with Crippen LogP contribution in [0, 0.1) is 0 Å². The molecule has 0 spiro atoms. The molecule has 110 valence electrons. The number of rotatable bonds is 3. The second-order valence-electron chi connectivity index (χ2n) is 5.42. The molecule has 0 aliphatic rings. The lowest BCUT2D eigenvalue weighted by molar-refractivity contribution is 0.0690. The van der Waals surface area contributed by atoms with E-state index >= 15 is 0 Å². The van der Waals surface area contributed by atoms with Crippen molar-refractivity contribution < 1.29 is 14.7 Å². The Morgan fingerprint density at radius 2 is 1.95 bits per heavy atom. The van der Waals surface area contributed by atoms with Gasteiger partial charge in [-0.05, 0) is 12.1 Å². The molecule has 0 atom stereocenters. The van der Waals surface area contributed by atoms with Gasteiger partial charge in [0.1, 0.15) is 11.6 Å². The summed E-state index contributed by atoms with van der Waals surface area (Å²) in [6, 6.07) is 4.31. The number of aromatic carboxylic acids is 1. The average Bonchev–Trinajstić information content (AvgIpc) is 2.88. The number of amides is 1. The van der Waals surface area contributed by atoms with Crippen LogP contribution in [-0.2, 0) is 5.41 Å². The predicted octanol–water partition coefficient (Wildman–Crippen LogP) is 1.45. The molecule has 1 amide bonds. The van der Waals surface area contributed by atoms with E-state index in [-0.39, 0.29) is 22.8 Å². The lowest BCUT2D eigenvalue weighted by Gasteiger charge is -2.12. The van der Waals surface area contributed by atoms with Crippen molar-refractivity contribution >= 4 is 17.7 Å². The number of carboxylic acid groups (broad SMARTS) is 1. The van der Waals surface area contributed by atoms with Crippen molar-refractivity contribution in [2.24, 2.45) is 0 Å². The summed E-state index contributed by atoms with van der Waals surface area (Å²) in [6.07, 6.45) is 0. The molecule has 0 saturated carbocycles. The number of carbonyl (C=O) groups excluding carboxylic acids is 1. The summed E-state index contributed by atoms with van der Waals surface area (Å²) < 4.78 is 0. The maximum atomic E-state index is 12.0. The quantitative estimate of drug-likeness (QED) is 0.786. The third-order valence-corrected chi connectivity index (χ3v) is 2.61. The second kappa shape index (κ2) is 5.31. The summed E-state index contributed by atoms with van der Waals surface area (Å²) >= 11 is 0.